The third-order valence-corrected chi connectivity index (χ3v) is 9.42. The van der Waals surface area contributed by atoms with Crippen molar-refractivity contribution in [2.45, 2.75) is 20.0 Å². The van der Waals surface area contributed by atoms with Crippen LogP contribution in [0.5, 0.6) is 5.75 Å². The number of sulfonamides is 1. The van der Waals surface area contributed by atoms with E-state index in [0.29, 0.717) is 69.6 Å². The van der Waals surface area contributed by atoms with E-state index in [-0.39, 0.29) is 17.0 Å². The molecular weight excluding hydrogens is 585 g/mol. The van der Waals surface area contributed by atoms with E-state index in [0.717, 1.165) is 0 Å². The maximum Gasteiger partial charge on any atom is 0.211 e. The predicted octanol–water partition coefficient (Wildman–Crippen LogP) is 5.13. The van der Waals surface area contributed by atoms with Crippen molar-refractivity contribution in [3.8, 4) is 17.0 Å². The molecule has 1 atom stereocenters. The number of benzene rings is 1. The van der Waals surface area contributed by atoms with Crippen molar-refractivity contribution >= 4 is 49.9 Å². The second-order valence-corrected chi connectivity index (χ2v) is 13.3. The number of aryl methyl sites for hydroxylation is 1. The van der Waals surface area contributed by atoms with E-state index in [4.69, 9.17) is 27.9 Å². The molecule has 0 aliphatic carbocycles. The maximum atomic E-state index is 15.2. The number of fused-ring (bicyclic) bond motifs is 1. The lowest BCUT2D eigenvalue weighted by Crippen LogP contribution is -2.73. The molecule has 0 radical (unpaired) electrons. The van der Waals surface area contributed by atoms with Gasteiger partial charge in [0.2, 0.25) is 10.0 Å². The monoisotopic (exact) mass is 608 g/mol. The number of ether oxygens (including phenoxy) is 1. The minimum Gasteiger partial charge on any atom is -0.483 e. The van der Waals surface area contributed by atoms with Gasteiger partial charge in [-0.15, -0.1) is 0 Å². The minimum atomic E-state index is -3.22. The molecule has 14 heteroatoms. The standard InChI is InChI=1S/C26H24Cl2F2N6O3S/c1-13-23(28)22(17(27)8-31-13)14(2)39-21-5-16-20(6-18(21)29)33-34-24(16)15-4-19(30)25(32-7-15)35-9-26(10-35)11-36(12-26)40(3,37)38/h4-8,14H,9-12H2,1-3H3,(H,33,34). The summed E-state index contributed by atoms with van der Waals surface area (Å²) in [6, 6.07) is 4.08. The van der Waals surface area contributed by atoms with Crippen molar-refractivity contribution in [3.05, 3.63) is 63.5 Å². The van der Waals surface area contributed by atoms with Gasteiger partial charge in [0.15, 0.2) is 23.2 Å². The fourth-order valence-electron chi connectivity index (χ4n) is 5.37. The molecule has 6 rings (SSSR count). The first-order valence-corrected chi connectivity index (χ1v) is 15.0. The van der Waals surface area contributed by atoms with E-state index in [2.05, 4.69) is 20.2 Å². The van der Waals surface area contributed by atoms with Gasteiger partial charge in [0.25, 0.3) is 0 Å². The molecule has 210 valence electrons. The third kappa shape index (κ3) is 4.56. The van der Waals surface area contributed by atoms with E-state index in [1.54, 1.807) is 18.7 Å². The summed E-state index contributed by atoms with van der Waals surface area (Å²) in [6.45, 7) is 5.35. The van der Waals surface area contributed by atoms with Gasteiger partial charge in [0.1, 0.15) is 11.8 Å². The predicted molar refractivity (Wildman–Crippen MR) is 148 cm³/mol. The minimum absolute atomic E-state index is 0.0520. The second-order valence-electron chi connectivity index (χ2n) is 10.5. The van der Waals surface area contributed by atoms with Crippen molar-refractivity contribution in [2.75, 3.05) is 37.3 Å². The molecule has 2 aliphatic rings. The molecule has 3 aromatic heterocycles. The lowest BCUT2D eigenvalue weighted by atomic mass is 9.74. The summed E-state index contributed by atoms with van der Waals surface area (Å²) in [6.07, 6.45) is 3.47. The quantitative estimate of drug-likeness (QED) is 0.323. The number of H-pyrrole nitrogens is 1. The lowest BCUT2D eigenvalue weighted by molar-refractivity contribution is 0.0390. The van der Waals surface area contributed by atoms with Gasteiger partial charge in [-0.3, -0.25) is 10.1 Å². The Bertz CT molecular complexity index is 1770. The first-order chi connectivity index (χ1) is 18.8. The molecule has 0 bridgehead atoms. The van der Waals surface area contributed by atoms with Gasteiger partial charge in [0.05, 0.1) is 27.5 Å². The first-order valence-electron chi connectivity index (χ1n) is 12.4. The molecule has 2 fully saturated rings. The molecular formula is C26H24Cl2F2N6O3S. The summed E-state index contributed by atoms with van der Waals surface area (Å²) in [4.78, 5) is 10.2. The molecule has 1 aromatic carbocycles. The van der Waals surface area contributed by atoms with Crippen molar-refractivity contribution in [3.63, 3.8) is 0 Å². The van der Waals surface area contributed by atoms with Crippen LogP contribution in [0.15, 0.2) is 30.6 Å². The average molecular weight is 609 g/mol. The summed E-state index contributed by atoms with van der Waals surface area (Å²) in [7, 11) is -3.22. The Labute approximate surface area is 239 Å². The first kappa shape index (κ1) is 27.1. The van der Waals surface area contributed by atoms with E-state index in [9.17, 15) is 12.8 Å². The fourth-order valence-corrected chi connectivity index (χ4v) is 7.04. The van der Waals surface area contributed by atoms with Gasteiger partial charge in [-0.05, 0) is 26.0 Å². The van der Waals surface area contributed by atoms with Gasteiger partial charge in [-0.1, -0.05) is 23.2 Å². The van der Waals surface area contributed by atoms with Crippen LogP contribution >= 0.6 is 23.2 Å². The number of rotatable bonds is 6. The van der Waals surface area contributed by atoms with Gasteiger partial charge in [-0.25, -0.2) is 26.5 Å². The van der Waals surface area contributed by atoms with Crippen LogP contribution in [0, 0.1) is 24.0 Å². The van der Waals surface area contributed by atoms with E-state index in [1.807, 2.05) is 0 Å². The highest BCUT2D eigenvalue weighted by Crippen LogP contribution is 2.43. The normalized spacial score (nSPS) is 17.6. The number of hydrogen-bond acceptors (Lipinski definition) is 7. The highest BCUT2D eigenvalue weighted by Gasteiger charge is 2.55. The number of pyridine rings is 2. The average Bonchev–Trinajstić information content (AvgIpc) is 3.22. The number of nitrogens with one attached hydrogen (secondary N) is 1. The van der Waals surface area contributed by atoms with Crippen molar-refractivity contribution in [2.24, 2.45) is 5.41 Å². The number of anilines is 1. The lowest BCUT2D eigenvalue weighted by Gasteiger charge is -2.59. The smallest absolute Gasteiger partial charge is 0.211 e. The molecule has 1 N–H and O–H groups in total. The van der Waals surface area contributed by atoms with Gasteiger partial charge >= 0.3 is 0 Å². The van der Waals surface area contributed by atoms with Crippen LogP contribution in [0.2, 0.25) is 10.0 Å². The maximum absolute atomic E-state index is 15.2. The molecule has 40 heavy (non-hydrogen) atoms. The highest BCUT2D eigenvalue weighted by atomic mass is 35.5. The molecule has 4 aromatic rings. The molecule has 2 aliphatic heterocycles. The summed E-state index contributed by atoms with van der Waals surface area (Å²) in [5.74, 6) is -1.02. The molecule has 0 saturated carbocycles. The summed E-state index contributed by atoms with van der Waals surface area (Å²) >= 11 is 12.7. The van der Waals surface area contributed by atoms with Crippen LogP contribution in [-0.4, -0.2) is 65.3 Å². The Kier molecular flexibility index (Phi) is 6.45. The zero-order valence-corrected chi connectivity index (χ0v) is 24.0. The highest BCUT2D eigenvalue weighted by molar-refractivity contribution is 7.88. The summed E-state index contributed by atoms with van der Waals surface area (Å²) in [5, 5.41) is 8.20. The number of aromatic amines is 1. The van der Waals surface area contributed by atoms with E-state index in [1.165, 1.54) is 41.2 Å². The zero-order chi connectivity index (χ0) is 28.6. The van der Waals surface area contributed by atoms with Gasteiger partial charge in [-0.2, -0.15) is 5.10 Å². The van der Waals surface area contributed by atoms with E-state index >= 15 is 4.39 Å². The fraction of sp³-hybridized carbons (Fsp3) is 0.346. The van der Waals surface area contributed by atoms with Crippen LogP contribution in [0.1, 0.15) is 24.3 Å². The molecule has 1 unspecified atom stereocenters. The van der Waals surface area contributed by atoms with Crippen LogP contribution in [0.4, 0.5) is 14.6 Å². The number of halogens is 4. The zero-order valence-electron chi connectivity index (χ0n) is 21.7. The van der Waals surface area contributed by atoms with Gasteiger partial charge < -0.3 is 9.64 Å². The molecule has 5 heterocycles. The Balaban J connectivity index is 1.24. The summed E-state index contributed by atoms with van der Waals surface area (Å²) < 4.78 is 60.9. The number of nitrogens with zero attached hydrogens (tertiary/aromatic N) is 5. The van der Waals surface area contributed by atoms with Crippen molar-refractivity contribution < 1.29 is 21.9 Å². The van der Waals surface area contributed by atoms with Crippen LogP contribution in [-0.2, 0) is 10.0 Å². The Morgan fingerprint density at radius 2 is 1.80 bits per heavy atom. The Morgan fingerprint density at radius 1 is 1.07 bits per heavy atom. The van der Waals surface area contributed by atoms with E-state index < -0.39 is 27.8 Å². The number of hydrogen-bond donors (Lipinski definition) is 1. The third-order valence-electron chi connectivity index (χ3n) is 7.45. The SMILES string of the molecule is Cc1ncc(Cl)c(C(C)Oc2cc3c(-c4cnc(N5CC6(C5)CN(S(C)(=O)=O)C6)c(F)c4)n[nH]c3cc2F)c1Cl. The van der Waals surface area contributed by atoms with Crippen molar-refractivity contribution in [1.29, 1.82) is 0 Å². The molecule has 9 nitrogen and oxygen atoms in total. The van der Waals surface area contributed by atoms with Crippen LogP contribution in [0.25, 0.3) is 22.2 Å². The number of aromatic nitrogens is 4. The van der Waals surface area contributed by atoms with Crippen LogP contribution < -0.4 is 9.64 Å². The summed E-state index contributed by atoms with van der Waals surface area (Å²) in [5.41, 5.74) is 2.08. The Hall–Kier alpha value is -3.06. The molecule has 2 saturated heterocycles. The largest absolute Gasteiger partial charge is 0.483 e. The molecule has 1 spiro atoms. The second kappa shape index (κ2) is 9.51. The topological polar surface area (TPSA) is 104 Å². The van der Waals surface area contributed by atoms with Crippen LogP contribution in [0.3, 0.4) is 0 Å². The van der Waals surface area contributed by atoms with Gasteiger partial charge in [0, 0.05) is 66.6 Å². The molecule has 0 amide bonds. The van der Waals surface area contributed by atoms with Crippen molar-refractivity contribution in [1.82, 2.24) is 24.5 Å². The Morgan fingerprint density at radius 3 is 2.48 bits per heavy atom.